The summed E-state index contributed by atoms with van der Waals surface area (Å²) in [5, 5.41) is 10.7. The van der Waals surface area contributed by atoms with Crippen LogP contribution in [0.25, 0.3) is 0 Å². The van der Waals surface area contributed by atoms with Gasteiger partial charge in [-0.05, 0) is 26.3 Å². The molecular weight excluding hydrogens is 284 g/mol. The molecule has 0 saturated carbocycles. The van der Waals surface area contributed by atoms with E-state index in [1.54, 1.807) is 11.3 Å². The van der Waals surface area contributed by atoms with Gasteiger partial charge in [-0.25, -0.2) is 4.98 Å². The minimum Gasteiger partial charge on any atom is -0.339 e. The number of hydrogen-bond acceptors (Lipinski definition) is 6. The maximum absolute atomic E-state index is 5.37. The summed E-state index contributed by atoms with van der Waals surface area (Å²) in [4.78, 5) is 8.92. The van der Waals surface area contributed by atoms with Crippen molar-refractivity contribution < 1.29 is 4.52 Å². The van der Waals surface area contributed by atoms with Gasteiger partial charge in [0.2, 0.25) is 5.89 Å². The Kier molecular flexibility index (Phi) is 6.32. The van der Waals surface area contributed by atoms with Crippen LogP contribution in [0.2, 0.25) is 0 Å². The minimum atomic E-state index is 0.421. The molecule has 0 amide bonds. The zero-order valence-corrected chi connectivity index (χ0v) is 13.9. The molecule has 0 fully saturated rings. The quantitative estimate of drug-likeness (QED) is 0.771. The molecule has 0 radical (unpaired) electrons. The van der Waals surface area contributed by atoms with Crippen molar-refractivity contribution >= 4 is 11.3 Å². The van der Waals surface area contributed by atoms with E-state index in [-0.39, 0.29) is 0 Å². The highest BCUT2D eigenvalue weighted by atomic mass is 32.1. The highest BCUT2D eigenvalue weighted by molar-refractivity contribution is 7.09. The van der Waals surface area contributed by atoms with E-state index in [0.717, 1.165) is 54.6 Å². The molecule has 0 spiro atoms. The Hall–Kier alpha value is -1.27. The van der Waals surface area contributed by atoms with E-state index in [0.29, 0.717) is 12.5 Å². The number of nitrogens with zero attached hydrogens (tertiary/aromatic N) is 3. The maximum Gasteiger partial charge on any atom is 0.228 e. The Balaban J connectivity index is 1.91. The van der Waals surface area contributed by atoms with Crippen molar-refractivity contribution in [2.24, 2.45) is 0 Å². The molecule has 0 saturated heterocycles. The molecule has 0 aliphatic carbocycles. The topological polar surface area (TPSA) is 63.8 Å². The van der Waals surface area contributed by atoms with E-state index in [4.69, 9.17) is 4.52 Å². The SMILES string of the molecule is CCCNC(CCC)Cc1nc(Cc2csc(C)n2)no1. The molecule has 0 aromatic carbocycles. The van der Waals surface area contributed by atoms with Crippen LogP contribution in [0.3, 0.4) is 0 Å². The third-order valence-electron chi connectivity index (χ3n) is 3.26. The Morgan fingerprint density at radius 2 is 2.14 bits per heavy atom. The first kappa shape index (κ1) is 16.1. The molecule has 0 aliphatic heterocycles. The number of nitrogens with one attached hydrogen (secondary N) is 1. The molecular formula is C15H24N4OS. The van der Waals surface area contributed by atoms with E-state index in [1.165, 1.54) is 0 Å². The summed E-state index contributed by atoms with van der Waals surface area (Å²) in [5.74, 6) is 1.44. The Morgan fingerprint density at radius 3 is 2.81 bits per heavy atom. The molecule has 0 bridgehead atoms. The number of aromatic nitrogens is 3. The van der Waals surface area contributed by atoms with Crippen LogP contribution in [0, 0.1) is 6.92 Å². The summed E-state index contributed by atoms with van der Waals surface area (Å²) in [7, 11) is 0. The van der Waals surface area contributed by atoms with Crippen molar-refractivity contribution in [2.75, 3.05) is 6.54 Å². The lowest BCUT2D eigenvalue weighted by molar-refractivity contribution is 0.347. The van der Waals surface area contributed by atoms with Crippen LogP contribution in [0.4, 0.5) is 0 Å². The fourth-order valence-corrected chi connectivity index (χ4v) is 2.89. The van der Waals surface area contributed by atoms with Crippen molar-refractivity contribution in [2.45, 2.75) is 58.9 Å². The first-order valence-electron chi connectivity index (χ1n) is 7.67. The zero-order chi connectivity index (χ0) is 15.1. The van der Waals surface area contributed by atoms with Gasteiger partial charge in [-0.1, -0.05) is 25.4 Å². The van der Waals surface area contributed by atoms with E-state index in [9.17, 15) is 0 Å². The van der Waals surface area contributed by atoms with Gasteiger partial charge in [0.05, 0.1) is 17.1 Å². The zero-order valence-electron chi connectivity index (χ0n) is 13.1. The van der Waals surface area contributed by atoms with Gasteiger partial charge in [-0.3, -0.25) is 0 Å². The fourth-order valence-electron chi connectivity index (χ4n) is 2.28. The molecule has 0 aliphatic rings. The van der Waals surface area contributed by atoms with Crippen molar-refractivity contribution in [3.05, 3.63) is 27.8 Å². The first-order chi connectivity index (χ1) is 10.2. The number of rotatable bonds is 9. The minimum absolute atomic E-state index is 0.421. The van der Waals surface area contributed by atoms with Crippen LogP contribution in [-0.2, 0) is 12.8 Å². The average Bonchev–Trinajstić information content (AvgIpc) is 3.06. The van der Waals surface area contributed by atoms with Crippen molar-refractivity contribution in [3.63, 3.8) is 0 Å². The molecule has 116 valence electrons. The van der Waals surface area contributed by atoms with Crippen molar-refractivity contribution in [3.8, 4) is 0 Å². The average molecular weight is 308 g/mol. The fraction of sp³-hybridized carbons (Fsp3) is 0.667. The summed E-state index contributed by atoms with van der Waals surface area (Å²) < 4.78 is 5.37. The van der Waals surface area contributed by atoms with Gasteiger partial charge in [0.15, 0.2) is 5.82 Å². The van der Waals surface area contributed by atoms with Gasteiger partial charge in [-0.15, -0.1) is 11.3 Å². The predicted octanol–water partition coefficient (Wildman–Crippen LogP) is 3.14. The molecule has 1 unspecified atom stereocenters. The highest BCUT2D eigenvalue weighted by Crippen LogP contribution is 2.12. The van der Waals surface area contributed by atoms with Crippen LogP contribution in [0.15, 0.2) is 9.90 Å². The molecule has 6 heteroatoms. The predicted molar refractivity (Wildman–Crippen MR) is 84.6 cm³/mol. The van der Waals surface area contributed by atoms with Crippen LogP contribution in [-0.4, -0.2) is 27.7 Å². The van der Waals surface area contributed by atoms with Gasteiger partial charge in [0, 0.05) is 17.8 Å². The third kappa shape index (κ3) is 5.21. The van der Waals surface area contributed by atoms with Crippen LogP contribution < -0.4 is 5.32 Å². The summed E-state index contributed by atoms with van der Waals surface area (Å²) in [6.07, 6.45) is 4.87. The second kappa shape index (κ2) is 8.24. The second-order valence-corrected chi connectivity index (χ2v) is 6.35. The van der Waals surface area contributed by atoms with Gasteiger partial charge in [0.1, 0.15) is 0 Å². The molecule has 1 N–H and O–H groups in total. The summed E-state index contributed by atoms with van der Waals surface area (Å²) >= 11 is 1.65. The highest BCUT2D eigenvalue weighted by Gasteiger charge is 2.14. The van der Waals surface area contributed by atoms with Gasteiger partial charge in [0.25, 0.3) is 0 Å². The molecule has 2 aromatic heterocycles. The summed E-state index contributed by atoms with van der Waals surface area (Å²) in [5.41, 5.74) is 1.01. The Morgan fingerprint density at radius 1 is 1.29 bits per heavy atom. The summed E-state index contributed by atoms with van der Waals surface area (Å²) in [6.45, 7) is 7.41. The van der Waals surface area contributed by atoms with Crippen LogP contribution in [0.1, 0.15) is 55.5 Å². The lowest BCUT2D eigenvalue weighted by Crippen LogP contribution is -2.31. The largest absolute Gasteiger partial charge is 0.339 e. The normalized spacial score (nSPS) is 12.7. The van der Waals surface area contributed by atoms with Crippen LogP contribution in [0.5, 0.6) is 0 Å². The maximum atomic E-state index is 5.37. The summed E-state index contributed by atoms with van der Waals surface area (Å²) in [6, 6.07) is 0.421. The Bertz CT molecular complexity index is 537. The first-order valence-corrected chi connectivity index (χ1v) is 8.55. The lowest BCUT2D eigenvalue weighted by atomic mass is 10.1. The van der Waals surface area contributed by atoms with Crippen molar-refractivity contribution in [1.82, 2.24) is 20.4 Å². The van der Waals surface area contributed by atoms with Gasteiger partial charge in [-0.2, -0.15) is 4.98 Å². The van der Waals surface area contributed by atoms with Gasteiger partial charge >= 0.3 is 0 Å². The van der Waals surface area contributed by atoms with E-state index < -0.39 is 0 Å². The smallest absolute Gasteiger partial charge is 0.228 e. The second-order valence-electron chi connectivity index (χ2n) is 5.28. The van der Waals surface area contributed by atoms with Crippen LogP contribution >= 0.6 is 11.3 Å². The van der Waals surface area contributed by atoms with Crippen molar-refractivity contribution in [1.29, 1.82) is 0 Å². The van der Waals surface area contributed by atoms with Gasteiger partial charge < -0.3 is 9.84 Å². The number of aryl methyl sites for hydroxylation is 1. The van der Waals surface area contributed by atoms with E-state index in [2.05, 4.69) is 34.3 Å². The lowest BCUT2D eigenvalue weighted by Gasteiger charge is -2.15. The molecule has 21 heavy (non-hydrogen) atoms. The molecule has 5 nitrogen and oxygen atoms in total. The molecule has 2 rings (SSSR count). The molecule has 1 atom stereocenters. The Labute approximate surface area is 130 Å². The molecule has 2 heterocycles. The molecule has 2 aromatic rings. The van der Waals surface area contributed by atoms with E-state index in [1.807, 2.05) is 12.3 Å². The number of hydrogen-bond donors (Lipinski definition) is 1. The third-order valence-corrected chi connectivity index (χ3v) is 4.08. The van der Waals surface area contributed by atoms with E-state index >= 15 is 0 Å². The standard InChI is InChI=1S/C15H24N4OS/c1-4-6-12(16-7-5-2)9-15-18-14(19-20-15)8-13-10-21-11(3)17-13/h10,12,16H,4-9H2,1-3H3. The monoisotopic (exact) mass is 308 g/mol. The number of thiazole rings is 1.